The van der Waals surface area contributed by atoms with Gasteiger partial charge in [-0.2, -0.15) is 10.3 Å². The van der Waals surface area contributed by atoms with Crippen molar-refractivity contribution in [1.82, 2.24) is 14.0 Å². The molecule has 0 saturated carbocycles. The van der Waals surface area contributed by atoms with Crippen LogP contribution in [0.3, 0.4) is 0 Å². The van der Waals surface area contributed by atoms with E-state index in [2.05, 4.69) is 11.1 Å². The molecular formula is C27H18ClN5O3. The number of carbonyl (C=O) groups is 1. The van der Waals surface area contributed by atoms with Gasteiger partial charge in [-0.05, 0) is 60.5 Å². The molecule has 1 amide bonds. The molecule has 1 aromatic carbocycles. The summed E-state index contributed by atoms with van der Waals surface area (Å²) in [5.41, 5.74) is 2.13. The Balaban J connectivity index is 1.77. The Kier molecular flexibility index (Phi) is 6.07. The Morgan fingerprint density at radius 3 is 2.72 bits per heavy atom. The first-order valence-corrected chi connectivity index (χ1v) is 11.3. The van der Waals surface area contributed by atoms with E-state index in [9.17, 15) is 14.9 Å². The van der Waals surface area contributed by atoms with E-state index in [1.807, 2.05) is 13.0 Å². The molecular weight excluding hydrogens is 478 g/mol. The van der Waals surface area contributed by atoms with E-state index < -0.39 is 5.91 Å². The molecule has 0 fully saturated rings. The van der Waals surface area contributed by atoms with E-state index >= 15 is 0 Å². The lowest BCUT2D eigenvalue weighted by atomic mass is 10.2. The lowest BCUT2D eigenvalue weighted by Crippen LogP contribution is -2.29. The number of fused-ring (bicyclic) bond motifs is 2. The lowest BCUT2D eigenvalue weighted by molar-refractivity contribution is -0.113. The number of carbonyl (C=O) groups excluding carboxylic acids is 1. The van der Waals surface area contributed by atoms with Gasteiger partial charge in [0, 0.05) is 17.3 Å². The molecule has 5 rings (SSSR count). The van der Waals surface area contributed by atoms with Gasteiger partial charge in [0.15, 0.2) is 5.49 Å². The molecule has 4 heterocycles. The van der Waals surface area contributed by atoms with Crippen molar-refractivity contribution >= 4 is 40.3 Å². The van der Waals surface area contributed by atoms with E-state index in [1.54, 1.807) is 59.3 Å². The number of aryl methyl sites for hydroxylation is 1. The molecule has 0 radical (unpaired) electrons. The molecule has 0 unspecified atom stereocenters. The summed E-state index contributed by atoms with van der Waals surface area (Å²) in [4.78, 5) is 35.1. The average Bonchev–Trinajstić information content (AvgIpc) is 3.39. The van der Waals surface area contributed by atoms with Gasteiger partial charge in [0.05, 0.1) is 23.8 Å². The van der Waals surface area contributed by atoms with Gasteiger partial charge in [-0.25, -0.2) is 4.98 Å². The minimum atomic E-state index is -0.581. The highest BCUT2D eigenvalue weighted by molar-refractivity contribution is 6.30. The molecule has 0 N–H and O–H groups in total. The molecule has 5 aromatic rings. The zero-order chi connectivity index (χ0) is 25.2. The minimum Gasteiger partial charge on any atom is -0.467 e. The van der Waals surface area contributed by atoms with Gasteiger partial charge < -0.3 is 8.98 Å². The van der Waals surface area contributed by atoms with Crippen LogP contribution in [0, 0.1) is 18.3 Å². The first-order chi connectivity index (χ1) is 17.4. The van der Waals surface area contributed by atoms with Gasteiger partial charge in [-0.1, -0.05) is 29.8 Å². The Hall–Kier alpha value is -4.74. The van der Waals surface area contributed by atoms with Crippen LogP contribution >= 0.6 is 11.6 Å². The number of rotatable bonds is 4. The number of aromatic nitrogens is 3. The van der Waals surface area contributed by atoms with Crippen LogP contribution in [0.5, 0.6) is 0 Å². The predicted molar refractivity (Wildman–Crippen MR) is 135 cm³/mol. The molecule has 4 aromatic heterocycles. The van der Waals surface area contributed by atoms with Crippen molar-refractivity contribution in [2.24, 2.45) is 4.99 Å². The summed E-state index contributed by atoms with van der Waals surface area (Å²) < 4.78 is 8.51. The number of hydrogen-bond donors (Lipinski definition) is 0. The lowest BCUT2D eigenvalue weighted by Gasteiger charge is -2.13. The molecule has 0 aliphatic carbocycles. The summed E-state index contributed by atoms with van der Waals surface area (Å²) in [7, 11) is 0. The molecule has 0 bridgehead atoms. The maximum absolute atomic E-state index is 13.3. The highest BCUT2D eigenvalue weighted by Gasteiger charge is 2.16. The minimum absolute atomic E-state index is 0.0637. The van der Waals surface area contributed by atoms with Gasteiger partial charge in [-0.3, -0.25) is 14.0 Å². The molecule has 9 heteroatoms. The van der Waals surface area contributed by atoms with Crippen molar-refractivity contribution in [2.45, 2.75) is 13.5 Å². The summed E-state index contributed by atoms with van der Waals surface area (Å²) in [6.07, 6.45) is 6.06. The fourth-order valence-corrected chi connectivity index (χ4v) is 4.01. The third kappa shape index (κ3) is 4.35. The molecule has 0 aliphatic rings. The molecule has 0 saturated heterocycles. The molecule has 8 nitrogen and oxygen atoms in total. The summed E-state index contributed by atoms with van der Waals surface area (Å²) >= 11 is 5.92. The molecule has 0 aliphatic heterocycles. The van der Waals surface area contributed by atoms with Gasteiger partial charge in [0.1, 0.15) is 23.1 Å². The monoisotopic (exact) mass is 495 g/mol. The van der Waals surface area contributed by atoms with E-state index in [0.29, 0.717) is 16.4 Å². The maximum atomic E-state index is 13.3. The number of pyridine rings is 2. The van der Waals surface area contributed by atoms with Crippen LogP contribution in [0.4, 0.5) is 0 Å². The quantitative estimate of drug-likeness (QED) is 0.273. The van der Waals surface area contributed by atoms with Crippen molar-refractivity contribution in [1.29, 1.82) is 5.26 Å². The number of benzene rings is 1. The second kappa shape index (κ2) is 9.49. The van der Waals surface area contributed by atoms with Crippen molar-refractivity contribution in [3.8, 4) is 6.07 Å². The fourth-order valence-electron chi connectivity index (χ4n) is 3.88. The van der Waals surface area contributed by atoms with E-state index in [4.69, 9.17) is 21.0 Å². The highest BCUT2D eigenvalue weighted by atomic mass is 35.5. The third-order valence-corrected chi connectivity index (χ3v) is 5.88. The van der Waals surface area contributed by atoms with E-state index in [-0.39, 0.29) is 34.2 Å². The van der Waals surface area contributed by atoms with Crippen molar-refractivity contribution < 1.29 is 9.21 Å². The molecule has 0 spiro atoms. The highest BCUT2D eigenvalue weighted by Crippen LogP contribution is 2.15. The number of amides is 1. The van der Waals surface area contributed by atoms with Gasteiger partial charge >= 0.3 is 0 Å². The Morgan fingerprint density at radius 2 is 2.00 bits per heavy atom. The number of furan rings is 1. The standard InChI is InChI=1S/C27H18ClN5O3/c1-17-4-2-12-32-24(17)31-26-22(27(32)35)14-19(15-29)25(33(26)16-21-5-3-13-36-21)30-23(34)11-8-18-6-9-20(28)10-7-18/h2-14H,16H2,1H3/b11-8+,30-25?. The van der Waals surface area contributed by atoms with E-state index in [0.717, 1.165) is 11.1 Å². The Bertz CT molecular complexity index is 1820. The number of nitriles is 1. The van der Waals surface area contributed by atoms with Gasteiger partial charge in [0.25, 0.3) is 11.5 Å². The van der Waals surface area contributed by atoms with Crippen LogP contribution < -0.4 is 11.0 Å². The Labute approximate surface area is 209 Å². The zero-order valence-corrected chi connectivity index (χ0v) is 19.8. The summed E-state index contributed by atoms with van der Waals surface area (Å²) in [6, 6.07) is 17.6. The summed E-state index contributed by atoms with van der Waals surface area (Å²) in [5.74, 6) is -0.0357. The van der Waals surface area contributed by atoms with Crippen LogP contribution in [0.1, 0.15) is 22.5 Å². The van der Waals surface area contributed by atoms with Crippen molar-refractivity contribution in [2.75, 3.05) is 0 Å². The normalized spacial score (nSPS) is 12.0. The SMILES string of the molecule is Cc1cccn2c(=O)c3cc(C#N)c(=NC(=O)/C=C/c4ccc(Cl)cc4)n(Cc4ccco4)c3nc12. The average molecular weight is 496 g/mol. The Morgan fingerprint density at radius 1 is 1.19 bits per heavy atom. The number of halogens is 1. The number of nitrogens with zero attached hydrogens (tertiary/aromatic N) is 5. The number of hydrogen-bond acceptors (Lipinski definition) is 5. The first kappa shape index (κ1) is 23.0. The molecule has 176 valence electrons. The van der Waals surface area contributed by atoms with Crippen LogP contribution in [-0.4, -0.2) is 19.9 Å². The first-order valence-electron chi connectivity index (χ1n) is 10.9. The second-order valence-corrected chi connectivity index (χ2v) is 8.47. The zero-order valence-electron chi connectivity index (χ0n) is 19.1. The predicted octanol–water partition coefficient (Wildman–Crippen LogP) is 4.26. The van der Waals surface area contributed by atoms with Crippen LogP contribution in [0.15, 0.2) is 87.3 Å². The van der Waals surface area contributed by atoms with Gasteiger partial charge in [-0.15, -0.1) is 0 Å². The summed E-state index contributed by atoms with van der Waals surface area (Å²) in [6.45, 7) is 1.96. The van der Waals surface area contributed by atoms with Gasteiger partial charge in [0.2, 0.25) is 0 Å². The van der Waals surface area contributed by atoms with Crippen LogP contribution in [-0.2, 0) is 11.3 Å². The van der Waals surface area contributed by atoms with Crippen molar-refractivity contribution in [3.05, 3.63) is 116 Å². The van der Waals surface area contributed by atoms with Crippen molar-refractivity contribution in [3.63, 3.8) is 0 Å². The van der Waals surface area contributed by atoms with Crippen LogP contribution in [0.25, 0.3) is 22.8 Å². The van der Waals surface area contributed by atoms with E-state index in [1.165, 1.54) is 22.8 Å². The largest absolute Gasteiger partial charge is 0.467 e. The molecule has 36 heavy (non-hydrogen) atoms. The third-order valence-electron chi connectivity index (χ3n) is 5.62. The summed E-state index contributed by atoms with van der Waals surface area (Å²) in [5, 5.41) is 10.7. The maximum Gasteiger partial charge on any atom is 0.271 e. The fraction of sp³-hybridized carbons (Fsp3) is 0.0741. The topological polar surface area (TPSA) is 106 Å². The second-order valence-electron chi connectivity index (χ2n) is 8.03. The molecule has 0 atom stereocenters. The smallest absolute Gasteiger partial charge is 0.271 e. The van der Waals surface area contributed by atoms with Crippen LogP contribution in [0.2, 0.25) is 5.02 Å².